The van der Waals surface area contributed by atoms with E-state index in [-0.39, 0.29) is 23.1 Å². The molecule has 1 N–H and O–H groups in total. The molecular formula is C23H25ClN2O4S2. The van der Waals surface area contributed by atoms with Gasteiger partial charge in [-0.15, -0.1) is 0 Å². The fourth-order valence-corrected chi connectivity index (χ4v) is 6.26. The molecule has 3 aromatic rings. The Morgan fingerprint density at radius 1 is 0.906 bits per heavy atom. The molecule has 32 heavy (non-hydrogen) atoms. The average Bonchev–Trinajstić information content (AvgIpc) is 2.76. The molecule has 0 amide bonds. The molecular weight excluding hydrogens is 468 g/mol. The van der Waals surface area contributed by atoms with Crippen LogP contribution in [0.25, 0.3) is 0 Å². The van der Waals surface area contributed by atoms with Gasteiger partial charge in [-0.2, -0.15) is 0 Å². The van der Waals surface area contributed by atoms with E-state index in [1.165, 1.54) is 12.4 Å². The Labute approximate surface area is 194 Å². The molecule has 1 aromatic heterocycles. The van der Waals surface area contributed by atoms with Crippen LogP contribution in [-0.4, -0.2) is 28.4 Å². The van der Waals surface area contributed by atoms with Gasteiger partial charge in [-0.25, -0.2) is 21.6 Å². The number of rotatable bonds is 9. The molecule has 0 aliphatic rings. The zero-order chi connectivity index (χ0) is 23.4. The monoisotopic (exact) mass is 492 g/mol. The standard InChI is InChI=1S/C23H25ClN2O4S2/c1-17(2)19-7-11-22(12-8-19)32(29,30)23(20-4-3-13-25-14-20)15-26-31(27,28)16-18-5-9-21(24)10-6-18/h3-14,17,23,26H,15-16H2,1-2H3/t23-/m0/s1. The van der Waals surface area contributed by atoms with Crippen LogP contribution < -0.4 is 4.72 Å². The highest BCUT2D eigenvalue weighted by atomic mass is 35.5. The van der Waals surface area contributed by atoms with Crippen molar-refractivity contribution in [1.29, 1.82) is 0 Å². The Balaban J connectivity index is 1.87. The van der Waals surface area contributed by atoms with Gasteiger partial charge in [-0.3, -0.25) is 4.98 Å². The first-order valence-electron chi connectivity index (χ1n) is 10.0. The summed E-state index contributed by atoms with van der Waals surface area (Å²) >= 11 is 5.85. The number of halogens is 1. The molecule has 3 rings (SSSR count). The summed E-state index contributed by atoms with van der Waals surface area (Å²) < 4.78 is 54.7. The van der Waals surface area contributed by atoms with Crippen molar-refractivity contribution in [3.8, 4) is 0 Å². The van der Waals surface area contributed by atoms with Crippen molar-refractivity contribution in [2.24, 2.45) is 0 Å². The van der Waals surface area contributed by atoms with Gasteiger partial charge < -0.3 is 0 Å². The lowest BCUT2D eigenvalue weighted by atomic mass is 10.0. The highest BCUT2D eigenvalue weighted by Gasteiger charge is 2.31. The van der Waals surface area contributed by atoms with E-state index in [1.807, 2.05) is 13.8 Å². The molecule has 0 fully saturated rings. The van der Waals surface area contributed by atoms with Crippen LogP contribution in [0.5, 0.6) is 0 Å². The molecule has 1 heterocycles. The predicted octanol–water partition coefficient (Wildman–Crippen LogP) is 4.49. The fourth-order valence-electron chi connectivity index (χ4n) is 3.23. The van der Waals surface area contributed by atoms with Gasteiger partial charge in [-0.05, 0) is 52.9 Å². The fraction of sp³-hybridized carbons (Fsp3) is 0.261. The number of nitrogens with one attached hydrogen (secondary N) is 1. The second kappa shape index (κ2) is 10.1. The van der Waals surface area contributed by atoms with Crippen LogP contribution in [0.15, 0.2) is 78.0 Å². The van der Waals surface area contributed by atoms with E-state index in [9.17, 15) is 16.8 Å². The minimum Gasteiger partial charge on any atom is -0.264 e. The number of hydrogen-bond acceptors (Lipinski definition) is 5. The SMILES string of the molecule is CC(C)c1ccc(S(=O)(=O)[C@@H](CNS(=O)(=O)Cc2ccc(Cl)cc2)c2cccnc2)cc1. The number of nitrogens with zero attached hydrogens (tertiary/aromatic N) is 1. The van der Waals surface area contributed by atoms with Gasteiger partial charge in [-0.1, -0.05) is 55.8 Å². The summed E-state index contributed by atoms with van der Waals surface area (Å²) in [5, 5.41) is -0.619. The zero-order valence-electron chi connectivity index (χ0n) is 17.8. The molecule has 6 nitrogen and oxygen atoms in total. The molecule has 0 bridgehead atoms. The number of hydrogen-bond donors (Lipinski definition) is 1. The van der Waals surface area contributed by atoms with Crippen molar-refractivity contribution >= 4 is 31.5 Å². The minimum absolute atomic E-state index is 0.132. The Hall–Kier alpha value is -2.26. The normalized spacial score (nSPS) is 13.2. The Kier molecular flexibility index (Phi) is 7.71. The third kappa shape index (κ3) is 6.16. The van der Waals surface area contributed by atoms with Crippen molar-refractivity contribution in [3.05, 3.63) is 94.8 Å². The van der Waals surface area contributed by atoms with Crippen molar-refractivity contribution in [2.45, 2.75) is 35.7 Å². The molecule has 9 heteroatoms. The molecule has 0 radical (unpaired) electrons. The molecule has 0 unspecified atom stereocenters. The van der Waals surface area contributed by atoms with E-state index in [2.05, 4.69) is 9.71 Å². The molecule has 0 spiro atoms. The van der Waals surface area contributed by atoms with Crippen LogP contribution in [0.4, 0.5) is 0 Å². The van der Waals surface area contributed by atoms with E-state index < -0.39 is 25.1 Å². The summed E-state index contributed by atoms with van der Waals surface area (Å²) in [5.74, 6) is -0.0203. The Morgan fingerprint density at radius 3 is 2.12 bits per heavy atom. The topological polar surface area (TPSA) is 93.2 Å². The lowest BCUT2D eigenvalue weighted by Gasteiger charge is -2.19. The molecule has 0 aliphatic carbocycles. The second-order valence-electron chi connectivity index (χ2n) is 7.78. The number of aromatic nitrogens is 1. The highest BCUT2D eigenvalue weighted by molar-refractivity contribution is 7.92. The van der Waals surface area contributed by atoms with Gasteiger partial charge >= 0.3 is 0 Å². The number of pyridine rings is 1. The predicted molar refractivity (Wildman–Crippen MR) is 127 cm³/mol. The van der Waals surface area contributed by atoms with Gasteiger partial charge in [0.05, 0.1) is 10.6 Å². The van der Waals surface area contributed by atoms with Crippen LogP contribution in [0.1, 0.15) is 41.7 Å². The first-order chi connectivity index (χ1) is 15.1. The molecule has 170 valence electrons. The maximum absolute atomic E-state index is 13.4. The lowest BCUT2D eigenvalue weighted by molar-refractivity contribution is 0.568. The highest BCUT2D eigenvalue weighted by Crippen LogP contribution is 2.29. The summed E-state index contributed by atoms with van der Waals surface area (Å²) in [4.78, 5) is 4.15. The zero-order valence-corrected chi connectivity index (χ0v) is 20.2. The van der Waals surface area contributed by atoms with E-state index in [1.54, 1.807) is 60.7 Å². The molecule has 1 atom stereocenters. The molecule has 2 aromatic carbocycles. The smallest absolute Gasteiger partial charge is 0.215 e. The number of sulfone groups is 1. The van der Waals surface area contributed by atoms with E-state index in [0.29, 0.717) is 16.1 Å². The van der Waals surface area contributed by atoms with Crippen LogP contribution in [0, 0.1) is 0 Å². The second-order valence-corrected chi connectivity index (χ2v) is 12.2. The summed E-state index contributed by atoms with van der Waals surface area (Å²) in [6.07, 6.45) is 2.98. The quantitative estimate of drug-likeness (QED) is 0.475. The van der Waals surface area contributed by atoms with Crippen LogP contribution >= 0.6 is 11.6 Å². The Bertz CT molecular complexity index is 1240. The molecule has 0 aliphatic heterocycles. The summed E-state index contributed by atoms with van der Waals surface area (Å²) in [6, 6.07) is 16.4. The first kappa shape index (κ1) is 24.4. The first-order valence-corrected chi connectivity index (χ1v) is 13.6. The lowest BCUT2D eigenvalue weighted by Crippen LogP contribution is -2.32. The van der Waals surface area contributed by atoms with Crippen LogP contribution in [0.2, 0.25) is 5.02 Å². The third-order valence-electron chi connectivity index (χ3n) is 5.06. The maximum Gasteiger partial charge on any atom is 0.215 e. The average molecular weight is 493 g/mol. The number of sulfonamides is 1. The van der Waals surface area contributed by atoms with E-state index in [0.717, 1.165) is 5.56 Å². The molecule has 0 saturated carbocycles. The third-order valence-corrected chi connectivity index (χ3v) is 8.75. The van der Waals surface area contributed by atoms with Crippen LogP contribution in [-0.2, 0) is 25.6 Å². The summed E-state index contributed by atoms with van der Waals surface area (Å²) in [7, 11) is -7.67. The number of benzene rings is 2. The van der Waals surface area contributed by atoms with Gasteiger partial charge in [0.1, 0.15) is 5.25 Å². The van der Waals surface area contributed by atoms with E-state index >= 15 is 0 Å². The summed E-state index contributed by atoms with van der Waals surface area (Å²) in [6.45, 7) is 3.74. The molecule has 0 saturated heterocycles. The summed E-state index contributed by atoms with van der Waals surface area (Å²) in [5.41, 5.74) is 1.98. The maximum atomic E-state index is 13.4. The van der Waals surface area contributed by atoms with E-state index in [4.69, 9.17) is 11.6 Å². The van der Waals surface area contributed by atoms with Crippen LogP contribution in [0.3, 0.4) is 0 Å². The van der Waals surface area contributed by atoms with Gasteiger partial charge in [0, 0.05) is 24.0 Å². The van der Waals surface area contributed by atoms with Crippen molar-refractivity contribution < 1.29 is 16.8 Å². The van der Waals surface area contributed by atoms with Gasteiger partial charge in [0.25, 0.3) is 0 Å². The largest absolute Gasteiger partial charge is 0.264 e. The van der Waals surface area contributed by atoms with Crippen molar-refractivity contribution in [1.82, 2.24) is 9.71 Å². The minimum atomic E-state index is -3.88. The Morgan fingerprint density at radius 2 is 1.56 bits per heavy atom. The van der Waals surface area contributed by atoms with Gasteiger partial charge in [0.2, 0.25) is 10.0 Å². The van der Waals surface area contributed by atoms with Gasteiger partial charge in [0.15, 0.2) is 9.84 Å². The van der Waals surface area contributed by atoms with Crippen molar-refractivity contribution in [2.75, 3.05) is 6.54 Å². The van der Waals surface area contributed by atoms with Crippen molar-refractivity contribution in [3.63, 3.8) is 0 Å².